The number of hydrogen-bond donors (Lipinski definition) is 1. The molecule has 0 unspecified atom stereocenters. The van der Waals surface area contributed by atoms with Crippen LogP contribution in [0.5, 0.6) is 0 Å². The highest BCUT2D eigenvalue weighted by molar-refractivity contribution is 5.41. The second kappa shape index (κ2) is 5.12. The van der Waals surface area contributed by atoms with Crippen LogP contribution < -0.4 is 10.9 Å². The Bertz CT molecular complexity index is 666. The minimum absolute atomic E-state index is 0.0571. The van der Waals surface area contributed by atoms with Crippen LogP contribution in [0.1, 0.15) is 29.5 Å². The van der Waals surface area contributed by atoms with E-state index in [1.807, 2.05) is 6.07 Å². The molecule has 0 saturated heterocycles. The van der Waals surface area contributed by atoms with E-state index in [2.05, 4.69) is 36.4 Å². The van der Waals surface area contributed by atoms with Crippen LogP contribution in [-0.4, -0.2) is 15.8 Å². The summed E-state index contributed by atoms with van der Waals surface area (Å²) in [5.74, 6) is 0. The lowest BCUT2D eigenvalue weighted by molar-refractivity contribution is 0.635. The Morgan fingerprint density at radius 1 is 1.30 bits per heavy atom. The number of anilines is 1. The summed E-state index contributed by atoms with van der Waals surface area (Å²) in [6.07, 6.45) is 4.12. The predicted molar refractivity (Wildman–Crippen MR) is 80.2 cm³/mol. The van der Waals surface area contributed by atoms with Crippen molar-refractivity contribution in [3.8, 4) is 0 Å². The SMILES string of the molecule is Cc1cccc(C)c1Cn1ncc(NC2CC2)cc1=O. The lowest BCUT2D eigenvalue weighted by Gasteiger charge is -2.11. The van der Waals surface area contributed by atoms with Crippen molar-refractivity contribution < 1.29 is 0 Å². The van der Waals surface area contributed by atoms with Crippen molar-refractivity contribution in [1.29, 1.82) is 0 Å². The Balaban J connectivity index is 1.85. The van der Waals surface area contributed by atoms with Gasteiger partial charge in [0.05, 0.1) is 18.4 Å². The van der Waals surface area contributed by atoms with Crippen molar-refractivity contribution in [2.45, 2.75) is 39.3 Å². The van der Waals surface area contributed by atoms with Crippen molar-refractivity contribution >= 4 is 5.69 Å². The van der Waals surface area contributed by atoms with Gasteiger partial charge in [-0.15, -0.1) is 0 Å². The van der Waals surface area contributed by atoms with E-state index in [0.29, 0.717) is 12.6 Å². The maximum atomic E-state index is 12.1. The van der Waals surface area contributed by atoms with Crippen molar-refractivity contribution in [1.82, 2.24) is 9.78 Å². The maximum Gasteiger partial charge on any atom is 0.269 e. The number of benzene rings is 1. The van der Waals surface area contributed by atoms with Gasteiger partial charge in [0.25, 0.3) is 5.56 Å². The minimum Gasteiger partial charge on any atom is -0.381 e. The Morgan fingerprint density at radius 2 is 2.00 bits per heavy atom. The number of nitrogens with zero attached hydrogens (tertiary/aromatic N) is 2. The average molecular weight is 269 g/mol. The van der Waals surface area contributed by atoms with Crippen molar-refractivity contribution in [2.24, 2.45) is 0 Å². The molecule has 1 saturated carbocycles. The van der Waals surface area contributed by atoms with Gasteiger partial charge in [-0.1, -0.05) is 18.2 Å². The van der Waals surface area contributed by atoms with Gasteiger partial charge in [0, 0.05) is 12.1 Å². The standard InChI is InChI=1S/C16H19N3O/c1-11-4-3-5-12(2)15(11)10-19-16(20)8-14(9-17-19)18-13-6-7-13/h3-5,8-9,13,18H,6-7,10H2,1-2H3. The molecular formula is C16H19N3O. The molecule has 0 atom stereocenters. The van der Waals surface area contributed by atoms with E-state index in [-0.39, 0.29) is 5.56 Å². The van der Waals surface area contributed by atoms with Crippen LogP contribution >= 0.6 is 0 Å². The fourth-order valence-electron chi connectivity index (χ4n) is 2.34. The van der Waals surface area contributed by atoms with Gasteiger partial charge in [0.15, 0.2) is 0 Å². The number of nitrogens with one attached hydrogen (secondary N) is 1. The highest BCUT2D eigenvalue weighted by Gasteiger charge is 2.21. The quantitative estimate of drug-likeness (QED) is 0.927. The molecule has 0 radical (unpaired) electrons. The number of aromatic nitrogens is 2. The van der Waals surface area contributed by atoms with E-state index in [1.54, 1.807) is 12.3 Å². The lowest BCUT2D eigenvalue weighted by Crippen LogP contribution is -2.24. The van der Waals surface area contributed by atoms with Crippen LogP contribution in [0.25, 0.3) is 0 Å². The summed E-state index contributed by atoms with van der Waals surface area (Å²) < 4.78 is 1.52. The summed E-state index contributed by atoms with van der Waals surface area (Å²) in [7, 11) is 0. The van der Waals surface area contributed by atoms with Gasteiger partial charge in [-0.3, -0.25) is 4.79 Å². The summed E-state index contributed by atoms with van der Waals surface area (Å²) in [5.41, 5.74) is 4.33. The van der Waals surface area contributed by atoms with Gasteiger partial charge in [-0.05, 0) is 43.4 Å². The summed E-state index contributed by atoms with van der Waals surface area (Å²) in [6, 6.07) is 8.34. The average Bonchev–Trinajstić information content (AvgIpc) is 3.20. The van der Waals surface area contributed by atoms with E-state index >= 15 is 0 Å². The second-order valence-corrected chi connectivity index (χ2v) is 5.53. The zero-order chi connectivity index (χ0) is 14.1. The van der Waals surface area contributed by atoms with E-state index in [1.165, 1.54) is 34.2 Å². The molecule has 0 spiro atoms. The van der Waals surface area contributed by atoms with E-state index in [4.69, 9.17) is 0 Å². The third-order valence-electron chi connectivity index (χ3n) is 3.77. The van der Waals surface area contributed by atoms with Crippen molar-refractivity contribution in [3.63, 3.8) is 0 Å². The summed E-state index contributed by atoms with van der Waals surface area (Å²) in [5, 5.41) is 7.57. The minimum atomic E-state index is -0.0571. The van der Waals surface area contributed by atoms with Crippen LogP contribution in [0.15, 0.2) is 35.3 Å². The van der Waals surface area contributed by atoms with Gasteiger partial charge >= 0.3 is 0 Å². The summed E-state index contributed by atoms with van der Waals surface area (Å²) in [6.45, 7) is 4.66. The Hall–Kier alpha value is -2.10. The molecule has 1 aromatic carbocycles. The van der Waals surface area contributed by atoms with E-state index in [9.17, 15) is 4.79 Å². The first kappa shape index (κ1) is 12.9. The summed E-state index contributed by atoms with van der Waals surface area (Å²) >= 11 is 0. The van der Waals surface area contributed by atoms with Gasteiger partial charge in [0.1, 0.15) is 0 Å². The molecule has 2 aromatic rings. The molecule has 3 rings (SSSR count). The first-order valence-electron chi connectivity index (χ1n) is 7.02. The van der Waals surface area contributed by atoms with E-state index in [0.717, 1.165) is 5.69 Å². The van der Waals surface area contributed by atoms with Gasteiger partial charge in [-0.25, -0.2) is 4.68 Å². The second-order valence-electron chi connectivity index (χ2n) is 5.53. The molecule has 20 heavy (non-hydrogen) atoms. The molecule has 104 valence electrons. The molecular weight excluding hydrogens is 250 g/mol. The first-order valence-corrected chi connectivity index (χ1v) is 7.02. The molecule has 4 heteroatoms. The Kier molecular flexibility index (Phi) is 3.30. The smallest absolute Gasteiger partial charge is 0.269 e. The van der Waals surface area contributed by atoms with Gasteiger partial charge < -0.3 is 5.32 Å². The molecule has 1 aromatic heterocycles. The fraction of sp³-hybridized carbons (Fsp3) is 0.375. The van der Waals surface area contributed by atoms with Crippen LogP contribution in [0.4, 0.5) is 5.69 Å². The third-order valence-corrected chi connectivity index (χ3v) is 3.77. The van der Waals surface area contributed by atoms with E-state index < -0.39 is 0 Å². The predicted octanol–water partition coefficient (Wildman–Crippen LogP) is 2.48. The van der Waals surface area contributed by atoms with Crippen LogP contribution in [-0.2, 0) is 6.54 Å². The third kappa shape index (κ3) is 2.74. The van der Waals surface area contributed by atoms with Crippen LogP contribution in [0.3, 0.4) is 0 Å². The van der Waals surface area contributed by atoms with Gasteiger partial charge in [0.2, 0.25) is 0 Å². The van der Waals surface area contributed by atoms with Crippen molar-refractivity contribution in [2.75, 3.05) is 5.32 Å². The maximum absolute atomic E-state index is 12.1. The number of rotatable bonds is 4. The Morgan fingerprint density at radius 3 is 2.60 bits per heavy atom. The molecule has 0 amide bonds. The summed E-state index contributed by atoms with van der Waals surface area (Å²) in [4.78, 5) is 12.1. The lowest BCUT2D eigenvalue weighted by atomic mass is 10.0. The molecule has 1 aliphatic carbocycles. The topological polar surface area (TPSA) is 46.9 Å². The molecule has 0 bridgehead atoms. The molecule has 0 aliphatic heterocycles. The van der Waals surface area contributed by atoms with Crippen LogP contribution in [0, 0.1) is 13.8 Å². The highest BCUT2D eigenvalue weighted by atomic mass is 16.1. The zero-order valence-corrected chi connectivity index (χ0v) is 11.9. The molecule has 1 heterocycles. The fourth-order valence-corrected chi connectivity index (χ4v) is 2.34. The number of hydrogen-bond acceptors (Lipinski definition) is 3. The zero-order valence-electron chi connectivity index (χ0n) is 11.9. The monoisotopic (exact) mass is 269 g/mol. The number of aryl methyl sites for hydroxylation is 2. The highest BCUT2D eigenvalue weighted by Crippen LogP contribution is 2.23. The van der Waals surface area contributed by atoms with Crippen LogP contribution in [0.2, 0.25) is 0 Å². The molecule has 1 fully saturated rings. The molecule has 1 N–H and O–H groups in total. The first-order chi connectivity index (χ1) is 9.63. The van der Waals surface area contributed by atoms with Gasteiger partial charge in [-0.2, -0.15) is 5.10 Å². The molecule has 1 aliphatic rings. The molecule has 4 nitrogen and oxygen atoms in total. The Labute approximate surface area is 118 Å². The normalized spacial score (nSPS) is 14.3. The largest absolute Gasteiger partial charge is 0.381 e. The van der Waals surface area contributed by atoms with Crippen molar-refractivity contribution in [3.05, 3.63) is 57.5 Å².